The molecule has 2 N–H and O–H groups in total. The molecule has 9 rings (SSSR count). The number of aliphatic hydroxyl groups excluding tert-OH is 1. The molecule has 8 aromatic rings. The van der Waals surface area contributed by atoms with Gasteiger partial charge in [0.25, 0.3) is 5.56 Å². The number of rotatable bonds is 12. The minimum absolute atomic E-state index is 0.110. The van der Waals surface area contributed by atoms with Crippen LogP contribution in [0.5, 0.6) is 11.5 Å². The second kappa shape index (κ2) is 15.0. The molecule has 0 aliphatic carbocycles. The van der Waals surface area contributed by atoms with Crippen molar-refractivity contribution in [2.45, 2.75) is 36.7 Å². The van der Waals surface area contributed by atoms with Gasteiger partial charge in [-0.05, 0) is 78.8 Å². The lowest BCUT2D eigenvalue weighted by Crippen LogP contribution is -2.41. The number of methoxy groups -OCH3 is 2. The van der Waals surface area contributed by atoms with Gasteiger partial charge >= 0.3 is 5.69 Å². The summed E-state index contributed by atoms with van der Waals surface area (Å²) in [5, 5.41) is 18.9. The molecule has 10 nitrogen and oxygen atoms in total. The van der Waals surface area contributed by atoms with E-state index in [1.165, 1.54) is 22.2 Å². The number of hydrogen-bond donors (Lipinski definition) is 2. The zero-order valence-corrected chi connectivity index (χ0v) is 31.3. The Morgan fingerprint density at radius 3 is 1.91 bits per heavy atom. The van der Waals surface area contributed by atoms with Crippen LogP contribution in [0.2, 0.25) is 0 Å². The van der Waals surface area contributed by atoms with E-state index in [-0.39, 0.29) is 13.2 Å². The van der Waals surface area contributed by atoms with Gasteiger partial charge in [0.05, 0.1) is 27.4 Å². The molecule has 2 heterocycles. The van der Waals surface area contributed by atoms with Crippen molar-refractivity contribution in [2.75, 3.05) is 20.8 Å². The summed E-state index contributed by atoms with van der Waals surface area (Å²) in [5.74, 6) is 1.37. The highest BCUT2D eigenvalue weighted by molar-refractivity contribution is 6.23. The van der Waals surface area contributed by atoms with Crippen LogP contribution in [0.1, 0.15) is 28.5 Å². The summed E-state index contributed by atoms with van der Waals surface area (Å²) in [7, 11) is 3.23. The van der Waals surface area contributed by atoms with Crippen molar-refractivity contribution in [1.82, 2.24) is 9.55 Å². The predicted molar refractivity (Wildman–Crippen MR) is 218 cm³/mol. The molecule has 0 bridgehead atoms. The summed E-state index contributed by atoms with van der Waals surface area (Å²) in [6.45, 7) is 0.00833. The van der Waals surface area contributed by atoms with Gasteiger partial charge in [0.2, 0.25) is 0 Å². The van der Waals surface area contributed by atoms with E-state index in [2.05, 4.69) is 53.5 Å². The third kappa shape index (κ3) is 6.42. The van der Waals surface area contributed by atoms with Gasteiger partial charge < -0.3 is 28.8 Å². The van der Waals surface area contributed by atoms with Gasteiger partial charge in [-0.3, -0.25) is 14.3 Å². The van der Waals surface area contributed by atoms with E-state index in [0.717, 1.165) is 49.2 Å². The maximum Gasteiger partial charge on any atom is 0.330 e. The van der Waals surface area contributed by atoms with Gasteiger partial charge in [0.1, 0.15) is 35.4 Å². The van der Waals surface area contributed by atoms with E-state index in [0.29, 0.717) is 11.5 Å². The molecule has 1 fully saturated rings. The highest BCUT2D eigenvalue weighted by Crippen LogP contribution is 2.43. The molecule has 1 aliphatic rings. The lowest BCUT2D eigenvalue weighted by molar-refractivity contribution is -0.0991. The number of nitrogens with zero attached hydrogens (tertiary/aromatic N) is 1. The van der Waals surface area contributed by atoms with Gasteiger partial charge in [0.15, 0.2) is 6.23 Å². The van der Waals surface area contributed by atoms with E-state index >= 15 is 0 Å². The van der Waals surface area contributed by atoms with Crippen LogP contribution in [0, 0.1) is 0 Å². The zero-order valence-electron chi connectivity index (χ0n) is 31.3. The average Bonchev–Trinajstić information content (AvgIpc) is 3.56. The van der Waals surface area contributed by atoms with Crippen molar-refractivity contribution in [3.63, 3.8) is 0 Å². The number of H-pyrrole nitrogens is 1. The molecule has 57 heavy (non-hydrogen) atoms. The summed E-state index contributed by atoms with van der Waals surface area (Å²) < 4.78 is 32.5. The van der Waals surface area contributed by atoms with Crippen LogP contribution in [-0.2, 0) is 26.4 Å². The molecule has 10 heteroatoms. The SMILES string of the molecule is COc1ccc(C(OC[C@@H]2O[C@H](n3ccc(=O)[nH]c3=O)C(OCc3ccc4ccc5cccc6ccc3c4c56)C2O)(c2ccccc2)c2ccc(OC)cc2)cc1. The quantitative estimate of drug-likeness (QED) is 0.0984. The highest BCUT2D eigenvalue weighted by Gasteiger charge is 2.48. The van der Waals surface area contributed by atoms with Crippen LogP contribution >= 0.6 is 0 Å². The molecule has 1 aromatic heterocycles. The molecule has 0 spiro atoms. The number of aromatic nitrogens is 2. The minimum Gasteiger partial charge on any atom is -0.497 e. The Hall–Kier alpha value is -6.30. The number of hydrogen-bond acceptors (Lipinski definition) is 8. The monoisotopic (exact) mass is 760 g/mol. The Morgan fingerprint density at radius 2 is 1.28 bits per heavy atom. The standard InChI is InChI=1S/C47H40N2O8/c1-53-36-20-16-34(17-21-36)47(33-9-4-3-5-10-33,35-18-22-37(54-2)23-19-35)56-28-39-43(51)44(45(57-39)49-26-25-40(50)48-46(49)52)55-27-32-14-13-31-12-11-29-7-6-8-30-15-24-38(32)42(31)41(29)30/h3-26,39,43-45,51H,27-28H2,1-2H3,(H,48,50,52)/t39-,43?,44?,45-/m0/s1. The molecular weight excluding hydrogens is 721 g/mol. The fourth-order valence-electron chi connectivity index (χ4n) is 8.28. The lowest BCUT2D eigenvalue weighted by Gasteiger charge is -2.37. The van der Waals surface area contributed by atoms with Crippen molar-refractivity contribution in [3.8, 4) is 11.5 Å². The number of nitrogens with one attached hydrogen (secondary N) is 1. The summed E-state index contributed by atoms with van der Waals surface area (Å²) in [6.07, 6.45) is -2.95. The number of ether oxygens (including phenoxy) is 5. The summed E-state index contributed by atoms with van der Waals surface area (Å²) in [5.41, 5.74) is 0.948. The molecular formula is C47H40N2O8. The first-order chi connectivity index (χ1) is 27.9. The maximum atomic E-state index is 13.2. The Balaban J connectivity index is 1.09. The van der Waals surface area contributed by atoms with Gasteiger partial charge in [-0.1, -0.05) is 109 Å². The van der Waals surface area contributed by atoms with E-state index in [1.54, 1.807) is 14.2 Å². The fourth-order valence-corrected chi connectivity index (χ4v) is 8.28. The van der Waals surface area contributed by atoms with Crippen molar-refractivity contribution in [3.05, 3.63) is 189 Å². The first-order valence-electron chi connectivity index (χ1n) is 18.8. The summed E-state index contributed by atoms with van der Waals surface area (Å²) in [4.78, 5) is 27.7. The summed E-state index contributed by atoms with van der Waals surface area (Å²) in [6, 6.07) is 45.2. The number of aromatic amines is 1. The molecule has 4 atom stereocenters. The van der Waals surface area contributed by atoms with Crippen molar-refractivity contribution >= 4 is 32.3 Å². The van der Waals surface area contributed by atoms with E-state index < -0.39 is 41.4 Å². The minimum atomic E-state index is -1.24. The second-order valence-electron chi connectivity index (χ2n) is 14.2. The van der Waals surface area contributed by atoms with Crippen LogP contribution in [0.15, 0.2) is 155 Å². The average molecular weight is 761 g/mol. The van der Waals surface area contributed by atoms with Crippen molar-refractivity contribution in [2.24, 2.45) is 0 Å². The second-order valence-corrected chi connectivity index (χ2v) is 14.2. The van der Waals surface area contributed by atoms with E-state index in [1.807, 2.05) is 84.9 Å². The van der Waals surface area contributed by atoms with Crippen LogP contribution in [0.4, 0.5) is 0 Å². The molecule has 286 valence electrons. The third-order valence-corrected chi connectivity index (χ3v) is 11.1. The first kappa shape index (κ1) is 36.3. The number of aliphatic hydroxyl groups is 1. The van der Waals surface area contributed by atoms with Gasteiger partial charge in [-0.2, -0.15) is 0 Å². The molecule has 2 unspecified atom stereocenters. The molecule has 1 saturated heterocycles. The Morgan fingerprint density at radius 1 is 0.684 bits per heavy atom. The zero-order chi connectivity index (χ0) is 39.1. The Labute approximate surface area is 327 Å². The van der Waals surface area contributed by atoms with Gasteiger partial charge in [-0.15, -0.1) is 0 Å². The predicted octanol–water partition coefficient (Wildman–Crippen LogP) is 7.30. The lowest BCUT2D eigenvalue weighted by atomic mass is 9.80. The van der Waals surface area contributed by atoms with Crippen molar-refractivity contribution in [1.29, 1.82) is 0 Å². The highest BCUT2D eigenvalue weighted by atomic mass is 16.6. The van der Waals surface area contributed by atoms with Crippen LogP contribution in [0.3, 0.4) is 0 Å². The normalized spacial score (nSPS) is 18.4. The topological polar surface area (TPSA) is 121 Å². The molecule has 7 aromatic carbocycles. The van der Waals surface area contributed by atoms with Crippen LogP contribution in [0.25, 0.3) is 32.3 Å². The van der Waals surface area contributed by atoms with Gasteiger partial charge in [-0.25, -0.2) is 4.79 Å². The third-order valence-electron chi connectivity index (χ3n) is 11.1. The smallest absolute Gasteiger partial charge is 0.330 e. The molecule has 0 saturated carbocycles. The fraction of sp³-hybridized carbons (Fsp3) is 0.191. The van der Waals surface area contributed by atoms with E-state index in [9.17, 15) is 14.7 Å². The largest absolute Gasteiger partial charge is 0.497 e. The molecule has 1 aliphatic heterocycles. The molecule has 0 radical (unpaired) electrons. The Bertz CT molecular complexity index is 2720. The van der Waals surface area contributed by atoms with Gasteiger partial charge in [0, 0.05) is 12.3 Å². The maximum absolute atomic E-state index is 13.2. The number of benzene rings is 7. The molecule has 0 amide bonds. The first-order valence-corrected chi connectivity index (χ1v) is 18.8. The van der Waals surface area contributed by atoms with Crippen LogP contribution < -0.4 is 20.7 Å². The van der Waals surface area contributed by atoms with E-state index in [4.69, 9.17) is 23.7 Å². The van der Waals surface area contributed by atoms with Crippen molar-refractivity contribution < 1.29 is 28.8 Å². The summed E-state index contributed by atoms with van der Waals surface area (Å²) >= 11 is 0. The Kier molecular flexibility index (Phi) is 9.55. The van der Waals surface area contributed by atoms with Crippen LogP contribution in [-0.4, -0.2) is 53.8 Å².